The third-order valence-corrected chi connectivity index (χ3v) is 2.41. The number of urea groups is 1. The maximum absolute atomic E-state index is 11.2. The van der Waals surface area contributed by atoms with Crippen LogP contribution in [0.4, 0.5) is 4.79 Å². The van der Waals surface area contributed by atoms with Crippen LogP contribution in [-0.4, -0.2) is 41.0 Å². The average Bonchev–Trinajstić information content (AvgIpc) is 2.21. The molecule has 4 N–H and O–H groups in total. The molecule has 0 aliphatic heterocycles. The highest BCUT2D eigenvalue weighted by molar-refractivity contribution is 5.73. The van der Waals surface area contributed by atoms with Crippen LogP contribution in [0.5, 0.6) is 0 Å². The van der Waals surface area contributed by atoms with Gasteiger partial charge in [0.05, 0.1) is 12.1 Å². The molecule has 7 nitrogen and oxygen atoms in total. The maximum atomic E-state index is 11.2. The van der Waals surface area contributed by atoms with Crippen molar-refractivity contribution in [2.75, 3.05) is 6.61 Å². The topological polar surface area (TPSA) is 108 Å². The first-order chi connectivity index (χ1) is 7.59. The normalized spacial score (nSPS) is 24.8. The number of hydrogen-bond donors (Lipinski definition) is 4. The minimum atomic E-state index is -1.17. The van der Waals surface area contributed by atoms with E-state index < -0.39 is 24.7 Å². The van der Waals surface area contributed by atoms with Gasteiger partial charge in [0.2, 0.25) is 0 Å². The van der Waals surface area contributed by atoms with Crippen LogP contribution in [0.1, 0.15) is 25.7 Å². The second-order valence-corrected chi connectivity index (χ2v) is 3.72. The third kappa shape index (κ3) is 4.45. The number of aliphatic hydroxyl groups excluding tert-OH is 1. The van der Waals surface area contributed by atoms with Crippen molar-refractivity contribution in [2.45, 2.75) is 37.8 Å². The smallest absolute Gasteiger partial charge is 0.339 e. The molecule has 0 spiro atoms. The number of aliphatic hydroxyl groups is 1. The minimum Gasteiger partial charge on any atom is -0.479 e. The van der Waals surface area contributed by atoms with Crippen molar-refractivity contribution in [1.82, 2.24) is 10.8 Å². The van der Waals surface area contributed by atoms with E-state index in [4.69, 9.17) is 5.11 Å². The van der Waals surface area contributed by atoms with E-state index in [1.165, 1.54) is 0 Å². The molecule has 1 saturated carbocycles. The van der Waals surface area contributed by atoms with Crippen LogP contribution in [0.2, 0.25) is 0 Å². The third-order valence-electron chi connectivity index (χ3n) is 2.41. The van der Waals surface area contributed by atoms with Crippen LogP contribution in [-0.2, 0) is 9.63 Å². The highest BCUT2D eigenvalue weighted by Gasteiger charge is 2.24. The highest BCUT2D eigenvalue weighted by atomic mass is 16.7. The number of hydroxylamine groups is 1. The molecule has 0 heterocycles. The van der Waals surface area contributed by atoms with Crippen molar-refractivity contribution in [3.63, 3.8) is 0 Å². The quantitative estimate of drug-likeness (QED) is 0.493. The van der Waals surface area contributed by atoms with Gasteiger partial charge in [-0.15, -0.1) is 0 Å². The van der Waals surface area contributed by atoms with E-state index in [-0.39, 0.29) is 6.04 Å². The van der Waals surface area contributed by atoms with Crippen molar-refractivity contribution >= 4 is 12.0 Å². The number of carboxylic acids is 1. The molecule has 1 rings (SSSR count). The van der Waals surface area contributed by atoms with E-state index in [0.29, 0.717) is 12.8 Å². The van der Waals surface area contributed by atoms with Crippen LogP contribution >= 0.6 is 0 Å². The van der Waals surface area contributed by atoms with Gasteiger partial charge in [0, 0.05) is 0 Å². The average molecular weight is 232 g/mol. The number of hydrogen-bond acceptors (Lipinski definition) is 4. The molecule has 0 aromatic carbocycles. The molecule has 0 aromatic heterocycles. The zero-order valence-electron chi connectivity index (χ0n) is 8.81. The summed E-state index contributed by atoms with van der Waals surface area (Å²) in [6, 6.07) is -0.922. The molecule has 2 unspecified atom stereocenters. The van der Waals surface area contributed by atoms with Crippen LogP contribution in [0.15, 0.2) is 0 Å². The molecule has 0 aromatic rings. The lowest BCUT2D eigenvalue weighted by molar-refractivity contribution is -0.144. The Morgan fingerprint density at radius 2 is 2.00 bits per heavy atom. The lowest BCUT2D eigenvalue weighted by Crippen LogP contribution is -2.49. The molecule has 0 radical (unpaired) electrons. The zero-order chi connectivity index (χ0) is 12.0. The van der Waals surface area contributed by atoms with E-state index >= 15 is 0 Å². The molecular weight excluding hydrogens is 216 g/mol. The minimum absolute atomic E-state index is 0.290. The molecule has 1 aliphatic rings. The Balaban J connectivity index is 2.19. The number of rotatable bonds is 4. The number of amides is 2. The Hall–Kier alpha value is -1.34. The van der Waals surface area contributed by atoms with Gasteiger partial charge in [0.25, 0.3) is 0 Å². The van der Waals surface area contributed by atoms with Crippen molar-refractivity contribution in [1.29, 1.82) is 0 Å². The molecule has 2 atom stereocenters. The Labute approximate surface area is 92.7 Å². The van der Waals surface area contributed by atoms with Crippen LogP contribution in [0.25, 0.3) is 0 Å². The largest absolute Gasteiger partial charge is 0.479 e. The summed E-state index contributed by atoms with van der Waals surface area (Å²) in [7, 11) is 0. The van der Waals surface area contributed by atoms with Gasteiger partial charge in [0.1, 0.15) is 0 Å². The number of carbonyl (C=O) groups is 2. The van der Waals surface area contributed by atoms with Gasteiger partial charge in [0.15, 0.2) is 6.61 Å². The van der Waals surface area contributed by atoms with Gasteiger partial charge in [-0.05, 0) is 12.8 Å². The fourth-order valence-electron chi connectivity index (χ4n) is 1.64. The predicted molar refractivity (Wildman–Crippen MR) is 53.5 cm³/mol. The number of aliphatic carboxylic acids is 1. The summed E-state index contributed by atoms with van der Waals surface area (Å²) in [4.78, 5) is 25.7. The van der Waals surface area contributed by atoms with E-state index in [0.717, 1.165) is 12.8 Å². The molecule has 0 saturated heterocycles. The molecule has 7 heteroatoms. The fourth-order valence-corrected chi connectivity index (χ4v) is 1.64. The van der Waals surface area contributed by atoms with E-state index in [1.54, 1.807) is 0 Å². The standard InChI is InChI=1S/C9H16N2O5/c12-7-4-2-1-3-6(7)10-9(15)11-16-5-8(13)14/h6-7,12H,1-5H2,(H,13,14)(H2,10,11,15). The van der Waals surface area contributed by atoms with E-state index in [2.05, 4.69) is 10.2 Å². The Morgan fingerprint density at radius 1 is 1.31 bits per heavy atom. The summed E-state index contributed by atoms with van der Waals surface area (Å²) in [5.41, 5.74) is 1.94. The maximum Gasteiger partial charge on any atom is 0.339 e. The van der Waals surface area contributed by atoms with E-state index in [1.807, 2.05) is 5.48 Å². The first kappa shape index (κ1) is 12.7. The van der Waals surface area contributed by atoms with Crippen LogP contribution in [0.3, 0.4) is 0 Å². The first-order valence-corrected chi connectivity index (χ1v) is 5.17. The molecule has 16 heavy (non-hydrogen) atoms. The summed E-state index contributed by atoms with van der Waals surface area (Å²) >= 11 is 0. The van der Waals surface area contributed by atoms with Crippen LogP contribution in [0, 0.1) is 0 Å². The van der Waals surface area contributed by atoms with Gasteiger partial charge in [-0.3, -0.25) is 4.84 Å². The number of carboxylic acid groups (broad SMARTS) is 1. The zero-order valence-corrected chi connectivity index (χ0v) is 8.81. The lowest BCUT2D eigenvalue weighted by Gasteiger charge is -2.28. The summed E-state index contributed by atoms with van der Waals surface area (Å²) < 4.78 is 0. The van der Waals surface area contributed by atoms with Crippen LogP contribution < -0.4 is 10.8 Å². The van der Waals surface area contributed by atoms with Gasteiger partial charge in [-0.1, -0.05) is 12.8 Å². The Bertz CT molecular complexity index is 258. The first-order valence-electron chi connectivity index (χ1n) is 5.17. The molecule has 1 fully saturated rings. The Kier molecular flexibility index (Phi) is 5.00. The number of carbonyl (C=O) groups excluding carboxylic acids is 1. The summed E-state index contributed by atoms with van der Waals surface area (Å²) in [6.45, 7) is -0.597. The van der Waals surface area contributed by atoms with Gasteiger partial charge in [-0.25, -0.2) is 15.1 Å². The highest BCUT2D eigenvalue weighted by Crippen LogP contribution is 2.17. The summed E-state index contributed by atoms with van der Waals surface area (Å²) in [5.74, 6) is -1.17. The molecule has 1 aliphatic carbocycles. The van der Waals surface area contributed by atoms with Gasteiger partial charge >= 0.3 is 12.0 Å². The predicted octanol–water partition coefficient (Wildman–Crippen LogP) is -0.395. The summed E-state index contributed by atoms with van der Waals surface area (Å²) in [6.07, 6.45) is 2.75. The second kappa shape index (κ2) is 6.29. The summed E-state index contributed by atoms with van der Waals surface area (Å²) in [5, 5.41) is 20.3. The number of nitrogens with one attached hydrogen (secondary N) is 2. The van der Waals surface area contributed by atoms with Crippen molar-refractivity contribution < 1.29 is 24.6 Å². The molecular formula is C9H16N2O5. The second-order valence-electron chi connectivity index (χ2n) is 3.72. The fraction of sp³-hybridized carbons (Fsp3) is 0.778. The van der Waals surface area contributed by atoms with Gasteiger partial charge in [-0.2, -0.15) is 0 Å². The Morgan fingerprint density at radius 3 is 2.62 bits per heavy atom. The van der Waals surface area contributed by atoms with Crippen molar-refractivity contribution in [2.24, 2.45) is 0 Å². The SMILES string of the molecule is O=C(O)CONC(=O)NC1CCCCC1O. The molecule has 2 amide bonds. The van der Waals surface area contributed by atoms with E-state index in [9.17, 15) is 14.7 Å². The molecule has 0 bridgehead atoms. The monoisotopic (exact) mass is 232 g/mol. The van der Waals surface area contributed by atoms with Gasteiger partial charge < -0.3 is 15.5 Å². The molecule has 92 valence electrons. The van der Waals surface area contributed by atoms with Crippen molar-refractivity contribution in [3.05, 3.63) is 0 Å². The lowest BCUT2D eigenvalue weighted by atomic mass is 9.93. The van der Waals surface area contributed by atoms with Crippen molar-refractivity contribution in [3.8, 4) is 0 Å².